The highest BCUT2D eigenvalue weighted by atomic mass is 16.5. The molecular formula is C23H27N7O2. The Morgan fingerprint density at radius 3 is 2.44 bits per heavy atom. The largest absolute Gasteiger partial charge is 0.466 e. The molecule has 0 saturated carbocycles. The van der Waals surface area contributed by atoms with E-state index in [-0.39, 0.29) is 17.8 Å². The summed E-state index contributed by atoms with van der Waals surface area (Å²) >= 11 is 0. The molecule has 0 spiro atoms. The number of likely N-dealkylation sites (tertiary alicyclic amines) is 1. The van der Waals surface area contributed by atoms with Crippen molar-refractivity contribution in [1.82, 2.24) is 4.90 Å². The first kappa shape index (κ1) is 23.2. The average molecular weight is 434 g/mol. The van der Waals surface area contributed by atoms with Crippen LogP contribution in [0.25, 0.3) is 20.9 Å². The maximum Gasteiger partial charge on any atom is 0.306 e. The van der Waals surface area contributed by atoms with Crippen molar-refractivity contribution in [2.75, 3.05) is 19.7 Å². The molecule has 9 nitrogen and oxygen atoms in total. The number of carbonyl (C=O) groups is 1. The Morgan fingerprint density at radius 2 is 1.78 bits per heavy atom. The van der Waals surface area contributed by atoms with E-state index in [9.17, 15) is 4.79 Å². The molecule has 0 radical (unpaired) electrons. The topological polar surface area (TPSA) is 127 Å². The number of nitrogens with zero attached hydrogens (tertiary/aromatic N) is 7. The highest BCUT2D eigenvalue weighted by Crippen LogP contribution is 2.33. The van der Waals surface area contributed by atoms with Crippen LogP contribution in [0.2, 0.25) is 0 Å². The van der Waals surface area contributed by atoms with Crippen LogP contribution in [0.1, 0.15) is 42.4 Å². The molecule has 9 heteroatoms. The predicted molar refractivity (Wildman–Crippen MR) is 122 cm³/mol. The second kappa shape index (κ2) is 11.8. The lowest BCUT2D eigenvalue weighted by molar-refractivity contribution is -0.144. The number of piperidine rings is 1. The Bertz CT molecular complexity index is 994. The van der Waals surface area contributed by atoms with Gasteiger partial charge in [0.05, 0.1) is 13.2 Å². The molecule has 0 amide bonds. The SMILES string of the molecule is CCOC(=O)CC1CC(c2ccc(N=[N+]=[N-])cc2)CN(Cc2ccc(CN=[N+]=[N-])cc2)C1. The van der Waals surface area contributed by atoms with Gasteiger partial charge < -0.3 is 4.74 Å². The number of ether oxygens (including phenoxy) is 1. The molecule has 0 aromatic heterocycles. The lowest BCUT2D eigenvalue weighted by atomic mass is 9.83. The lowest BCUT2D eigenvalue weighted by Gasteiger charge is -2.38. The van der Waals surface area contributed by atoms with Gasteiger partial charge in [-0.15, -0.1) is 0 Å². The Balaban J connectivity index is 1.73. The molecule has 2 atom stereocenters. The van der Waals surface area contributed by atoms with Crippen LogP contribution >= 0.6 is 0 Å². The van der Waals surface area contributed by atoms with Crippen LogP contribution in [0.3, 0.4) is 0 Å². The van der Waals surface area contributed by atoms with Crippen molar-refractivity contribution in [3.05, 3.63) is 86.1 Å². The van der Waals surface area contributed by atoms with Crippen LogP contribution in [-0.2, 0) is 22.6 Å². The number of azide groups is 2. The van der Waals surface area contributed by atoms with Crippen molar-refractivity contribution >= 4 is 11.7 Å². The van der Waals surface area contributed by atoms with E-state index in [0.717, 1.165) is 31.6 Å². The van der Waals surface area contributed by atoms with Gasteiger partial charge in [-0.2, -0.15) is 0 Å². The van der Waals surface area contributed by atoms with Gasteiger partial charge in [-0.1, -0.05) is 58.8 Å². The van der Waals surface area contributed by atoms with Gasteiger partial charge in [0.2, 0.25) is 0 Å². The molecule has 0 N–H and O–H groups in total. The van der Waals surface area contributed by atoms with Crippen molar-refractivity contribution in [2.24, 2.45) is 16.1 Å². The van der Waals surface area contributed by atoms with E-state index >= 15 is 0 Å². The molecule has 32 heavy (non-hydrogen) atoms. The van der Waals surface area contributed by atoms with E-state index in [1.54, 1.807) is 0 Å². The summed E-state index contributed by atoms with van der Waals surface area (Å²) in [6.45, 7) is 5.03. The summed E-state index contributed by atoms with van der Waals surface area (Å²) < 4.78 is 5.19. The van der Waals surface area contributed by atoms with Crippen LogP contribution in [0.4, 0.5) is 5.69 Å². The van der Waals surface area contributed by atoms with E-state index in [1.165, 1.54) is 11.1 Å². The first-order valence-electron chi connectivity index (χ1n) is 10.7. The standard InChI is InChI=1S/C23H27N7O2/c1-2-32-23(31)12-19-11-21(20-7-9-22(10-8-20)27-29-25)16-30(15-19)14-18-5-3-17(4-6-18)13-26-28-24/h3-10,19,21H,2,11-16H2,1H3. The summed E-state index contributed by atoms with van der Waals surface area (Å²) in [6.07, 6.45) is 1.31. The quantitative estimate of drug-likeness (QED) is 0.208. The zero-order valence-corrected chi connectivity index (χ0v) is 18.2. The van der Waals surface area contributed by atoms with Crippen LogP contribution in [0.15, 0.2) is 58.8 Å². The third-order valence-corrected chi connectivity index (χ3v) is 5.64. The van der Waals surface area contributed by atoms with Crippen molar-refractivity contribution in [1.29, 1.82) is 0 Å². The first-order valence-corrected chi connectivity index (χ1v) is 10.7. The summed E-state index contributed by atoms with van der Waals surface area (Å²) in [5.74, 6) is 0.320. The fraction of sp³-hybridized carbons (Fsp3) is 0.435. The van der Waals surface area contributed by atoms with E-state index < -0.39 is 0 Å². The molecule has 1 fully saturated rings. The second-order valence-electron chi connectivity index (χ2n) is 7.99. The first-order chi connectivity index (χ1) is 15.6. The molecule has 2 unspecified atom stereocenters. The summed E-state index contributed by atoms with van der Waals surface area (Å²) in [5.41, 5.74) is 21.0. The van der Waals surface area contributed by atoms with Gasteiger partial charge in [0.15, 0.2) is 0 Å². The fourth-order valence-corrected chi connectivity index (χ4v) is 4.26. The molecule has 2 aromatic carbocycles. The Hall–Kier alpha value is -3.51. The van der Waals surface area contributed by atoms with Crippen LogP contribution < -0.4 is 0 Å². The van der Waals surface area contributed by atoms with E-state index in [0.29, 0.717) is 25.3 Å². The number of hydrogen-bond donors (Lipinski definition) is 0. The summed E-state index contributed by atoms with van der Waals surface area (Å²) in [7, 11) is 0. The van der Waals surface area contributed by atoms with E-state index in [2.05, 4.69) is 37.1 Å². The number of esters is 1. The molecule has 0 aliphatic carbocycles. The van der Waals surface area contributed by atoms with Crippen molar-refractivity contribution in [3.63, 3.8) is 0 Å². The molecule has 2 aromatic rings. The Kier molecular flexibility index (Phi) is 8.52. The van der Waals surface area contributed by atoms with Crippen molar-refractivity contribution in [2.45, 2.75) is 38.8 Å². The molecule has 0 bridgehead atoms. The maximum absolute atomic E-state index is 12.1. The lowest BCUT2D eigenvalue weighted by Crippen LogP contribution is -2.40. The van der Waals surface area contributed by atoms with Gasteiger partial charge in [-0.25, -0.2) is 0 Å². The van der Waals surface area contributed by atoms with Crippen LogP contribution in [0.5, 0.6) is 0 Å². The number of rotatable bonds is 9. The van der Waals surface area contributed by atoms with Gasteiger partial charge in [0.25, 0.3) is 0 Å². The molecule has 3 rings (SSSR count). The van der Waals surface area contributed by atoms with Gasteiger partial charge in [0.1, 0.15) is 0 Å². The van der Waals surface area contributed by atoms with Gasteiger partial charge in [-0.05, 0) is 52.9 Å². The zero-order chi connectivity index (χ0) is 22.8. The minimum atomic E-state index is -0.154. The normalized spacial score (nSPS) is 18.3. The second-order valence-corrected chi connectivity index (χ2v) is 7.99. The van der Waals surface area contributed by atoms with Crippen LogP contribution in [0, 0.1) is 5.92 Å². The fourth-order valence-electron chi connectivity index (χ4n) is 4.26. The molecule has 166 valence electrons. The smallest absolute Gasteiger partial charge is 0.306 e. The summed E-state index contributed by atoms with van der Waals surface area (Å²) in [4.78, 5) is 20.1. The molecule has 1 saturated heterocycles. The monoisotopic (exact) mass is 433 g/mol. The summed E-state index contributed by atoms with van der Waals surface area (Å²) in [6, 6.07) is 15.7. The van der Waals surface area contributed by atoms with Gasteiger partial charge in [0, 0.05) is 41.6 Å². The highest BCUT2D eigenvalue weighted by Gasteiger charge is 2.30. The van der Waals surface area contributed by atoms with Gasteiger partial charge in [-0.3, -0.25) is 9.69 Å². The van der Waals surface area contributed by atoms with Crippen LogP contribution in [-0.4, -0.2) is 30.6 Å². The van der Waals surface area contributed by atoms with Crippen molar-refractivity contribution in [3.8, 4) is 0 Å². The van der Waals surface area contributed by atoms with E-state index in [4.69, 9.17) is 15.8 Å². The third-order valence-electron chi connectivity index (χ3n) is 5.64. The zero-order valence-electron chi connectivity index (χ0n) is 18.2. The minimum Gasteiger partial charge on any atom is -0.466 e. The highest BCUT2D eigenvalue weighted by molar-refractivity contribution is 5.69. The molecule has 1 aliphatic rings. The molecular weight excluding hydrogens is 406 g/mol. The average Bonchev–Trinajstić information content (AvgIpc) is 2.79. The summed E-state index contributed by atoms with van der Waals surface area (Å²) in [5, 5.41) is 7.25. The number of hydrogen-bond acceptors (Lipinski definition) is 5. The number of carbonyl (C=O) groups excluding carboxylic acids is 1. The minimum absolute atomic E-state index is 0.154. The maximum atomic E-state index is 12.1. The molecule has 1 aliphatic heterocycles. The predicted octanol–water partition coefficient (Wildman–Crippen LogP) is 6.00. The Morgan fingerprint density at radius 1 is 1.06 bits per heavy atom. The van der Waals surface area contributed by atoms with E-state index in [1.807, 2.05) is 43.3 Å². The third kappa shape index (κ3) is 6.75. The number of benzene rings is 2. The Labute approximate surface area is 187 Å². The van der Waals surface area contributed by atoms with Gasteiger partial charge >= 0.3 is 5.97 Å². The molecule has 1 heterocycles. The van der Waals surface area contributed by atoms with Crippen molar-refractivity contribution < 1.29 is 9.53 Å².